The highest BCUT2D eigenvalue weighted by atomic mass is 32.2. The van der Waals surface area contributed by atoms with E-state index in [1.165, 1.54) is 39.3 Å². The van der Waals surface area contributed by atoms with Gasteiger partial charge < -0.3 is 0 Å². The first kappa shape index (κ1) is 21.2. The number of sulfonamides is 2. The molecule has 0 radical (unpaired) electrons. The van der Waals surface area contributed by atoms with Crippen molar-refractivity contribution in [2.24, 2.45) is 0 Å². The second kappa shape index (κ2) is 7.88. The molecule has 7 nitrogen and oxygen atoms in total. The van der Waals surface area contributed by atoms with Gasteiger partial charge >= 0.3 is 0 Å². The van der Waals surface area contributed by atoms with Crippen LogP contribution in [0.5, 0.6) is 0 Å². The molecule has 0 amide bonds. The molecule has 0 unspecified atom stereocenters. The van der Waals surface area contributed by atoms with Crippen LogP contribution >= 0.6 is 0 Å². The van der Waals surface area contributed by atoms with Crippen LogP contribution in [-0.4, -0.2) is 57.4 Å². The molecule has 1 fully saturated rings. The van der Waals surface area contributed by atoms with Crippen molar-refractivity contribution in [1.82, 2.24) is 8.61 Å². The second-order valence-electron chi connectivity index (χ2n) is 7.68. The minimum atomic E-state index is -3.80. The molecule has 2 aromatic rings. The summed E-state index contributed by atoms with van der Waals surface area (Å²) in [6.07, 6.45) is 2.92. The van der Waals surface area contributed by atoms with Crippen molar-refractivity contribution in [3.8, 4) is 0 Å². The highest BCUT2D eigenvalue weighted by Crippen LogP contribution is 2.27. The molecule has 0 saturated carbocycles. The van der Waals surface area contributed by atoms with Gasteiger partial charge in [-0.15, -0.1) is 0 Å². The Kier molecular flexibility index (Phi) is 5.56. The molecule has 0 aromatic heterocycles. The second-order valence-corrected chi connectivity index (χ2v) is 11.6. The van der Waals surface area contributed by atoms with E-state index in [9.17, 15) is 21.6 Å². The molecule has 0 spiro atoms. The largest absolute Gasteiger partial charge is 0.295 e. The van der Waals surface area contributed by atoms with Crippen molar-refractivity contribution in [3.63, 3.8) is 0 Å². The third-order valence-electron chi connectivity index (χ3n) is 5.78. The van der Waals surface area contributed by atoms with Crippen LogP contribution < -0.4 is 0 Å². The summed E-state index contributed by atoms with van der Waals surface area (Å²) in [5.74, 6) is -0.211. The number of nitrogens with zero attached hydrogens (tertiary/aromatic N) is 2. The third-order valence-corrected chi connectivity index (χ3v) is 9.57. The molecular weight excluding hydrogens is 424 g/mol. The van der Waals surface area contributed by atoms with E-state index in [1.807, 2.05) is 6.07 Å². The molecular formula is C21H24N2O5S2. The zero-order valence-electron chi connectivity index (χ0n) is 16.7. The van der Waals surface area contributed by atoms with Gasteiger partial charge in [0.2, 0.25) is 20.0 Å². The van der Waals surface area contributed by atoms with Crippen LogP contribution in [0.3, 0.4) is 0 Å². The quantitative estimate of drug-likeness (QED) is 0.653. The lowest BCUT2D eigenvalue weighted by atomic mass is 10.1. The van der Waals surface area contributed by atoms with Crippen LogP contribution in [0.1, 0.15) is 34.8 Å². The molecule has 0 bridgehead atoms. The van der Waals surface area contributed by atoms with Crippen LogP contribution in [0.2, 0.25) is 0 Å². The van der Waals surface area contributed by atoms with Gasteiger partial charge in [0, 0.05) is 31.7 Å². The molecule has 1 aliphatic heterocycles. The number of piperazine rings is 1. The lowest BCUT2D eigenvalue weighted by Gasteiger charge is -2.33. The van der Waals surface area contributed by atoms with E-state index in [4.69, 9.17) is 0 Å². The first-order valence-electron chi connectivity index (χ1n) is 9.93. The van der Waals surface area contributed by atoms with Crippen LogP contribution in [0.15, 0.2) is 52.3 Å². The zero-order valence-corrected chi connectivity index (χ0v) is 18.4. The maximum atomic E-state index is 13.1. The Labute approximate surface area is 177 Å². The Morgan fingerprint density at radius 3 is 1.93 bits per heavy atom. The number of ketones is 1. The van der Waals surface area contributed by atoms with Gasteiger partial charge in [-0.25, -0.2) is 16.8 Å². The first-order chi connectivity index (χ1) is 14.2. The van der Waals surface area contributed by atoms with Gasteiger partial charge in [0.05, 0.1) is 9.79 Å². The number of benzene rings is 2. The van der Waals surface area contributed by atoms with Crippen molar-refractivity contribution >= 4 is 25.8 Å². The summed E-state index contributed by atoms with van der Waals surface area (Å²) in [5, 5.41) is 0. The van der Waals surface area contributed by atoms with Crippen LogP contribution in [-0.2, 0) is 32.9 Å². The summed E-state index contributed by atoms with van der Waals surface area (Å²) in [7, 11) is -7.47. The van der Waals surface area contributed by atoms with Crippen molar-refractivity contribution in [1.29, 1.82) is 0 Å². The Balaban J connectivity index is 1.50. The van der Waals surface area contributed by atoms with Gasteiger partial charge in [-0.2, -0.15) is 8.61 Å². The number of carbonyl (C=O) groups is 1. The number of carbonyl (C=O) groups excluding carboxylic acids is 1. The molecule has 0 atom stereocenters. The molecule has 9 heteroatoms. The molecule has 0 N–H and O–H groups in total. The van der Waals surface area contributed by atoms with Gasteiger partial charge in [-0.1, -0.05) is 18.2 Å². The molecule has 1 saturated heterocycles. The lowest BCUT2D eigenvalue weighted by molar-refractivity contribution is 0.101. The fourth-order valence-corrected chi connectivity index (χ4v) is 6.97. The minimum absolute atomic E-state index is 0.0464. The lowest BCUT2D eigenvalue weighted by Crippen LogP contribution is -2.50. The number of hydrogen-bond donors (Lipinski definition) is 0. The Bertz CT molecular complexity index is 1200. The standard InChI is InChI=1S/C21H24N2O5S2/c1-16(24)18-5-3-7-20(14-18)29(25,26)22-10-12-23(13-11-22)30(27,28)21-9-8-17-4-2-6-19(17)15-21/h3,5,7-9,14-15H,2,4,6,10-13H2,1H3. The van der Waals surface area contributed by atoms with Crippen molar-refractivity contribution in [2.45, 2.75) is 36.0 Å². The molecule has 2 aromatic carbocycles. The number of rotatable bonds is 5. The SMILES string of the molecule is CC(=O)c1cccc(S(=O)(=O)N2CCN(S(=O)(=O)c3ccc4c(c3)CCC4)CC2)c1. The predicted octanol–water partition coefficient (Wildman–Crippen LogP) is 2.07. The van der Waals surface area contributed by atoms with Crippen LogP contribution in [0.4, 0.5) is 0 Å². The Morgan fingerprint density at radius 1 is 0.767 bits per heavy atom. The molecule has 1 heterocycles. The number of aryl methyl sites for hydroxylation is 2. The maximum Gasteiger partial charge on any atom is 0.243 e. The van der Waals surface area contributed by atoms with Crippen molar-refractivity contribution in [3.05, 3.63) is 59.2 Å². The Hall–Kier alpha value is -2.07. The normalized spacial score (nSPS) is 18.3. The minimum Gasteiger partial charge on any atom is -0.295 e. The summed E-state index contributed by atoms with van der Waals surface area (Å²) in [6.45, 7) is 1.69. The molecule has 160 valence electrons. The summed E-state index contributed by atoms with van der Waals surface area (Å²) in [6, 6.07) is 11.2. The topological polar surface area (TPSA) is 91.8 Å². The van der Waals surface area contributed by atoms with Gasteiger partial charge in [0.15, 0.2) is 5.78 Å². The number of fused-ring (bicyclic) bond motifs is 1. The number of hydrogen-bond acceptors (Lipinski definition) is 5. The smallest absolute Gasteiger partial charge is 0.243 e. The van der Waals surface area contributed by atoms with Crippen LogP contribution in [0.25, 0.3) is 0 Å². The fraction of sp³-hybridized carbons (Fsp3) is 0.381. The average molecular weight is 449 g/mol. The average Bonchev–Trinajstić information content (AvgIpc) is 3.22. The summed E-state index contributed by atoms with van der Waals surface area (Å²) < 4.78 is 54.7. The molecule has 4 rings (SSSR count). The summed E-state index contributed by atoms with van der Waals surface area (Å²) in [4.78, 5) is 11.9. The highest BCUT2D eigenvalue weighted by Gasteiger charge is 2.34. The van der Waals surface area contributed by atoms with E-state index in [0.717, 1.165) is 24.8 Å². The third kappa shape index (κ3) is 3.82. The van der Waals surface area contributed by atoms with E-state index in [2.05, 4.69) is 0 Å². The van der Waals surface area contributed by atoms with Crippen LogP contribution in [0, 0.1) is 0 Å². The van der Waals surface area contributed by atoms with Gasteiger partial charge in [0.1, 0.15) is 0 Å². The van der Waals surface area contributed by atoms with E-state index in [-0.39, 0.29) is 41.8 Å². The van der Waals surface area contributed by atoms with Gasteiger partial charge in [0.25, 0.3) is 0 Å². The monoisotopic (exact) mass is 448 g/mol. The summed E-state index contributed by atoms with van der Waals surface area (Å²) >= 11 is 0. The highest BCUT2D eigenvalue weighted by molar-refractivity contribution is 7.89. The van der Waals surface area contributed by atoms with Crippen molar-refractivity contribution in [2.75, 3.05) is 26.2 Å². The van der Waals surface area contributed by atoms with E-state index in [1.54, 1.807) is 18.2 Å². The van der Waals surface area contributed by atoms with E-state index in [0.29, 0.717) is 5.56 Å². The predicted molar refractivity (Wildman–Crippen MR) is 112 cm³/mol. The van der Waals surface area contributed by atoms with Crippen molar-refractivity contribution < 1.29 is 21.6 Å². The fourth-order valence-electron chi connectivity index (χ4n) is 4.03. The molecule has 2 aliphatic rings. The Morgan fingerprint density at radius 2 is 1.33 bits per heavy atom. The van der Waals surface area contributed by atoms with Gasteiger partial charge in [-0.3, -0.25) is 4.79 Å². The molecule has 1 aliphatic carbocycles. The maximum absolute atomic E-state index is 13.1. The van der Waals surface area contributed by atoms with Gasteiger partial charge in [-0.05, 0) is 61.6 Å². The first-order valence-corrected chi connectivity index (χ1v) is 12.8. The van der Waals surface area contributed by atoms with E-state index >= 15 is 0 Å². The zero-order chi connectivity index (χ0) is 21.5. The number of Topliss-reactive ketones (excluding diaryl/α,β-unsaturated/α-hetero) is 1. The van der Waals surface area contributed by atoms with E-state index < -0.39 is 20.0 Å². The summed E-state index contributed by atoms with van der Waals surface area (Å²) in [5.41, 5.74) is 2.62. The molecule has 30 heavy (non-hydrogen) atoms.